The van der Waals surface area contributed by atoms with Crippen LogP contribution in [0.3, 0.4) is 0 Å². The van der Waals surface area contributed by atoms with Gasteiger partial charge in [-0.25, -0.2) is 4.39 Å². The van der Waals surface area contributed by atoms with Gasteiger partial charge in [0.15, 0.2) is 0 Å². The first-order chi connectivity index (χ1) is 10.3. The van der Waals surface area contributed by atoms with Crippen molar-refractivity contribution in [2.45, 2.75) is 32.0 Å². The fourth-order valence-corrected chi connectivity index (χ4v) is 2.59. The molecule has 2 aromatic rings. The standard InChI is InChI=1S/C18H17FN2/c19-18-8-4-3-7-16(18)13-21(17-9-10-17)12-15-6-2-1-5-14(15)11-20/h1-8,17H,9-10,12-13H2. The molecule has 1 aliphatic rings. The van der Waals surface area contributed by atoms with Crippen LogP contribution in [0.25, 0.3) is 0 Å². The van der Waals surface area contributed by atoms with Gasteiger partial charge >= 0.3 is 0 Å². The highest BCUT2D eigenvalue weighted by atomic mass is 19.1. The molecule has 3 heteroatoms. The van der Waals surface area contributed by atoms with Gasteiger partial charge in [0, 0.05) is 24.7 Å². The zero-order chi connectivity index (χ0) is 14.7. The van der Waals surface area contributed by atoms with Crippen LogP contribution in [0.4, 0.5) is 4.39 Å². The highest BCUT2D eigenvalue weighted by Crippen LogP contribution is 2.30. The maximum absolute atomic E-state index is 13.8. The number of rotatable bonds is 5. The highest BCUT2D eigenvalue weighted by molar-refractivity contribution is 5.37. The molecule has 1 saturated carbocycles. The summed E-state index contributed by atoms with van der Waals surface area (Å²) in [4.78, 5) is 2.27. The number of nitrogens with zero attached hydrogens (tertiary/aromatic N) is 2. The molecule has 0 saturated heterocycles. The first kappa shape index (κ1) is 13.8. The van der Waals surface area contributed by atoms with E-state index in [1.807, 2.05) is 36.4 Å². The van der Waals surface area contributed by atoms with E-state index in [0.29, 0.717) is 24.7 Å². The SMILES string of the molecule is N#Cc1ccccc1CN(Cc1ccccc1F)C1CC1. The summed E-state index contributed by atoms with van der Waals surface area (Å²) in [6, 6.07) is 17.3. The molecule has 3 rings (SSSR count). The Hall–Kier alpha value is -2.18. The Morgan fingerprint density at radius 1 is 1.00 bits per heavy atom. The molecule has 0 radical (unpaired) electrons. The first-order valence-electron chi connectivity index (χ1n) is 7.23. The Bertz CT molecular complexity index is 671. The van der Waals surface area contributed by atoms with Crippen molar-refractivity contribution in [3.05, 3.63) is 71.0 Å². The average Bonchev–Trinajstić information content (AvgIpc) is 3.34. The van der Waals surface area contributed by atoms with Crippen molar-refractivity contribution in [3.8, 4) is 6.07 Å². The van der Waals surface area contributed by atoms with E-state index in [-0.39, 0.29) is 5.82 Å². The quantitative estimate of drug-likeness (QED) is 0.831. The van der Waals surface area contributed by atoms with Crippen LogP contribution in [0.1, 0.15) is 29.5 Å². The van der Waals surface area contributed by atoms with Crippen molar-refractivity contribution in [1.82, 2.24) is 4.90 Å². The maximum Gasteiger partial charge on any atom is 0.127 e. The molecule has 0 bridgehead atoms. The van der Waals surface area contributed by atoms with E-state index in [1.54, 1.807) is 6.07 Å². The molecule has 0 heterocycles. The predicted octanol–water partition coefficient (Wildman–Crippen LogP) is 3.86. The van der Waals surface area contributed by atoms with Gasteiger partial charge in [-0.3, -0.25) is 4.90 Å². The molecule has 21 heavy (non-hydrogen) atoms. The lowest BCUT2D eigenvalue weighted by atomic mass is 10.1. The van der Waals surface area contributed by atoms with Crippen molar-refractivity contribution >= 4 is 0 Å². The second-order valence-electron chi connectivity index (χ2n) is 5.50. The van der Waals surface area contributed by atoms with E-state index in [9.17, 15) is 9.65 Å². The van der Waals surface area contributed by atoms with E-state index in [0.717, 1.165) is 24.0 Å². The lowest BCUT2D eigenvalue weighted by molar-refractivity contribution is 0.242. The molecule has 0 amide bonds. The zero-order valence-corrected chi connectivity index (χ0v) is 11.8. The van der Waals surface area contributed by atoms with Crippen LogP contribution in [0, 0.1) is 17.1 Å². The van der Waals surface area contributed by atoms with Gasteiger partial charge in [-0.1, -0.05) is 36.4 Å². The van der Waals surface area contributed by atoms with Crippen LogP contribution in [-0.4, -0.2) is 10.9 Å². The number of halogens is 1. The van der Waals surface area contributed by atoms with Crippen molar-refractivity contribution in [2.75, 3.05) is 0 Å². The van der Waals surface area contributed by atoms with Gasteiger partial charge in [0.05, 0.1) is 11.6 Å². The van der Waals surface area contributed by atoms with Crippen molar-refractivity contribution in [1.29, 1.82) is 5.26 Å². The van der Waals surface area contributed by atoms with Crippen LogP contribution in [0.2, 0.25) is 0 Å². The third-order valence-corrected chi connectivity index (χ3v) is 3.91. The number of benzene rings is 2. The van der Waals surface area contributed by atoms with Gasteiger partial charge in [0.1, 0.15) is 5.82 Å². The monoisotopic (exact) mass is 280 g/mol. The summed E-state index contributed by atoms with van der Waals surface area (Å²) in [5, 5.41) is 9.19. The average molecular weight is 280 g/mol. The molecule has 0 atom stereocenters. The molecule has 1 fully saturated rings. The van der Waals surface area contributed by atoms with E-state index in [1.165, 1.54) is 6.07 Å². The largest absolute Gasteiger partial charge is 0.292 e. The minimum absolute atomic E-state index is 0.156. The molecule has 0 aliphatic heterocycles. The van der Waals surface area contributed by atoms with Gasteiger partial charge in [0.2, 0.25) is 0 Å². The second-order valence-corrected chi connectivity index (χ2v) is 5.50. The Morgan fingerprint density at radius 3 is 2.29 bits per heavy atom. The van der Waals surface area contributed by atoms with Gasteiger partial charge in [0.25, 0.3) is 0 Å². The first-order valence-corrected chi connectivity index (χ1v) is 7.23. The summed E-state index contributed by atoms with van der Waals surface area (Å²) in [5.41, 5.74) is 2.44. The number of hydrogen-bond acceptors (Lipinski definition) is 2. The van der Waals surface area contributed by atoms with Gasteiger partial charge in [-0.15, -0.1) is 0 Å². The Labute approximate surface area is 124 Å². The van der Waals surface area contributed by atoms with E-state index in [4.69, 9.17) is 0 Å². The number of nitriles is 1. The molecule has 0 unspecified atom stereocenters. The lowest BCUT2D eigenvalue weighted by Gasteiger charge is -2.23. The van der Waals surface area contributed by atoms with Gasteiger partial charge in [-0.2, -0.15) is 5.26 Å². The molecule has 0 aromatic heterocycles. The lowest BCUT2D eigenvalue weighted by Crippen LogP contribution is -2.26. The fraction of sp³-hybridized carbons (Fsp3) is 0.278. The summed E-state index contributed by atoms with van der Waals surface area (Å²) < 4.78 is 13.8. The summed E-state index contributed by atoms with van der Waals surface area (Å²) >= 11 is 0. The Kier molecular flexibility index (Phi) is 3.98. The predicted molar refractivity (Wildman–Crippen MR) is 79.8 cm³/mol. The van der Waals surface area contributed by atoms with Crippen LogP contribution in [0.15, 0.2) is 48.5 Å². The maximum atomic E-state index is 13.8. The Morgan fingerprint density at radius 2 is 1.62 bits per heavy atom. The smallest absolute Gasteiger partial charge is 0.127 e. The van der Waals surface area contributed by atoms with Crippen molar-refractivity contribution in [2.24, 2.45) is 0 Å². The molecule has 2 aromatic carbocycles. The third-order valence-electron chi connectivity index (χ3n) is 3.91. The topological polar surface area (TPSA) is 27.0 Å². The molecule has 106 valence electrons. The number of hydrogen-bond donors (Lipinski definition) is 0. The van der Waals surface area contributed by atoms with Crippen LogP contribution in [-0.2, 0) is 13.1 Å². The van der Waals surface area contributed by atoms with Crippen LogP contribution >= 0.6 is 0 Å². The zero-order valence-electron chi connectivity index (χ0n) is 11.8. The van der Waals surface area contributed by atoms with Crippen LogP contribution < -0.4 is 0 Å². The summed E-state index contributed by atoms with van der Waals surface area (Å²) in [6.45, 7) is 1.29. The molecular weight excluding hydrogens is 263 g/mol. The van der Waals surface area contributed by atoms with Gasteiger partial charge in [-0.05, 0) is 30.5 Å². The van der Waals surface area contributed by atoms with E-state index >= 15 is 0 Å². The minimum Gasteiger partial charge on any atom is -0.292 e. The third kappa shape index (κ3) is 3.29. The normalized spacial score (nSPS) is 14.1. The summed E-state index contributed by atoms with van der Waals surface area (Å²) in [6.07, 6.45) is 2.31. The van der Waals surface area contributed by atoms with Crippen molar-refractivity contribution < 1.29 is 4.39 Å². The minimum atomic E-state index is -0.156. The summed E-state index contributed by atoms with van der Waals surface area (Å²) in [7, 11) is 0. The van der Waals surface area contributed by atoms with E-state index in [2.05, 4.69) is 11.0 Å². The molecule has 2 nitrogen and oxygen atoms in total. The van der Waals surface area contributed by atoms with E-state index < -0.39 is 0 Å². The Balaban J connectivity index is 1.80. The van der Waals surface area contributed by atoms with Gasteiger partial charge < -0.3 is 0 Å². The second kappa shape index (κ2) is 6.07. The molecule has 1 aliphatic carbocycles. The fourth-order valence-electron chi connectivity index (χ4n) is 2.59. The highest BCUT2D eigenvalue weighted by Gasteiger charge is 2.29. The molecule has 0 N–H and O–H groups in total. The van der Waals surface area contributed by atoms with Crippen molar-refractivity contribution in [3.63, 3.8) is 0 Å². The van der Waals surface area contributed by atoms with Crippen LogP contribution in [0.5, 0.6) is 0 Å². The molecule has 0 spiro atoms. The molecular formula is C18H17FN2. The summed E-state index contributed by atoms with van der Waals surface area (Å²) in [5.74, 6) is -0.156.